The van der Waals surface area contributed by atoms with Crippen molar-refractivity contribution >= 4 is 18.4 Å². The summed E-state index contributed by atoms with van der Waals surface area (Å²) >= 11 is 5.79. The molecule has 0 fully saturated rings. The van der Waals surface area contributed by atoms with Crippen LogP contribution in [0.5, 0.6) is 0 Å². The number of nitrogens with two attached hydrogens (primary N) is 1. The van der Waals surface area contributed by atoms with Crippen LogP contribution in [-0.4, -0.2) is 12.8 Å². The molecule has 1 rings (SSSR count). The Morgan fingerprint density at radius 2 is 1.71 bits per heavy atom. The fraction of sp³-hybridized carbons (Fsp3) is 0.500. The van der Waals surface area contributed by atoms with Crippen molar-refractivity contribution in [3.05, 3.63) is 34.9 Å². The van der Waals surface area contributed by atoms with Crippen LogP contribution in [0.15, 0.2) is 24.3 Å². The van der Waals surface area contributed by atoms with Crippen LogP contribution < -0.4 is 5.73 Å². The summed E-state index contributed by atoms with van der Waals surface area (Å²) in [6.07, 6.45) is 0.889. The first-order chi connectivity index (χ1) is 8.18. The Kier molecular flexibility index (Phi) is 22.1. The molecule has 2 nitrogen and oxygen atoms in total. The highest BCUT2D eigenvalue weighted by atomic mass is 35.5. The van der Waals surface area contributed by atoms with Gasteiger partial charge < -0.3 is 10.5 Å². The van der Waals surface area contributed by atoms with Gasteiger partial charge in [-0.3, -0.25) is 0 Å². The first-order valence-corrected chi connectivity index (χ1v) is 6.35. The average molecular weight is 260 g/mol. The molecule has 1 aromatic rings. The maximum Gasteiger partial charge on any atom is 0.106 e. The lowest BCUT2D eigenvalue weighted by Crippen LogP contribution is -2.17. The molecule has 3 heteroatoms. The molecule has 2 N–H and O–H groups in total. The van der Waals surface area contributed by atoms with Gasteiger partial charge in [0.05, 0.1) is 0 Å². The van der Waals surface area contributed by atoms with E-state index in [1.54, 1.807) is 0 Å². The Labute approximate surface area is 111 Å². The van der Waals surface area contributed by atoms with E-state index in [-0.39, 0.29) is 6.04 Å². The zero-order valence-corrected chi connectivity index (χ0v) is 12.4. The molecule has 1 unspecified atom stereocenters. The van der Waals surface area contributed by atoms with Crippen LogP contribution in [0.25, 0.3) is 0 Å². The van der Waals surface area contributed by atoms with Gasteiger partial charge in [-0.05, 0) is 31.0 Å². The molecule has 0 radical (unpaired) electrons. The van der Waals surface area contributed by atoms with Crippen LogP contribution in [-0.2, 0) is 11.2 Å². The summed E-state index contributed by atoms with van der Waals surface area (Å²) in [5, 5.41) is 0.781. The Morgan fingerprint density at radius 3 is 2.06 bits per heavy atom. The number of carbonyl (C=O) groups is 1. The monoisotopic (exact) mass is 259 g/mol. The molecule has 1 aromatic carbocycles. The third-order valence-corrected chi connectivity index (χ3v) is 1.68. The minimum Gasteiger partial charge on any atom is -0.328 e. The Balaban J connectivity index is -0.000000285. The van der Waals surface area contributed by atoms with E-state index in [9.17, 15) is 0 Å². The lowest BCUT2D eigenvalue weighted by atomic mass is 10.1. The number of benzene rings is 1. The van der Waals surface area contributed by atoms with Gasteiger partial charge in [0.15, 0.2) is 0 Å². The molecule has 0 aliphatic heterocycles. The smallest absolute Gasteiger partial charge is 0.106 e. The molecular weight excluding hydrogens is 234 g/mol. The lowest BCUT2D eigenvalue weighted by molar-refractivity contribution is -0.0979. The second-order valence-corrected chi connectivity index (χ2v) is 3.25. The van der Waals surface area contributed by atoms with Crippen molar-refractivity contribution in [2.45, 2.75) is 47.1 Å². The molecule has 100 valence electrons. The van der Waals surface area contributed by atoms with Crippen molar-refractivity contribution in [3.63, 3.8) is 0 Å². The third kappa shape index (κ3) is 15.1. The normalized spacial score (nSPS) is 9.35. The van der Waals surface area contributed by atoms with Gasteiger partial charge in [0.1, 0.15) is 6.79 Å². The highest BCUT2D eigenvalue weighted by molar-refractivity contribution is 6.30. The van der Waals surface area contributed by atoms with Crippen LogP contribution >= 0.6 is 11.6 Å². The van der Waals surface area contributed by atoms with Crippen molar-refractivity contribution in [1.29, 1.82) is 0 Å². The van der Waals surface area contributed by atoms with Gasteiger partial charge in [-0.15, -0.1) is 0 Å². The van der Waals surface area contributed by atoms with Crippen LogP contribution in [0, 0.1) is 0 Å². The number of carbonyl (C=O) groups excluding carboxylic acids is 1. The van der Waals surface area contributed by atoms with Crippen LogP contribution in [0.4, 0.5) is 0 Å². The minimum absolute atomic E-state index is 0.202. The molecular formula is C14H26ClNO. The second-order valence-electron chi connectivity index (χ2n) is 2.81. The van der Waals surface area contributed by atoms with Gasteiger partial charge in [-0.25, -0.2) is 0 Å². The summed E-state index contributed by atoms with van der Waals surface area (Å²) in [6, 6.07) is 8.00. The number of halogens is 1. The Hall–Kier alpha value is -0.860. The Morgan fingerprint density at radius 1 is 1.24 bits per heavy atom. The Bertz CT molecular complexity index is 252. The largest absolute Gasteiger partial charge is 0.328 e. The van der Waals surface area contributed by atoms with Gasteiger partial charge in [0.2, 0.25) is 0 Å². The van der Waals surface area contributed by atoms with E-state index < -0.39 is 0 Å². The van der Waals surface area contributed by atoms with Crippen LogP contribution in [0.1, 0.15) is 40.2 Å². The molecule has 0 heterocycles. The van der Waals surface area contributed by atoms with Crippen molar-refractivity contribution < 1.29 is 4.79 Å². The lowest BCUT2D eigenvalue weighted by Gasteiger charge is -2.04. The predicted molar refractivity (Wildman–Crippen MR) is 78.6 cm³/mol. The van der Waals surface area contributed by atoms with Gasteiger partial charge >= 0.3 is 0 Å². The van der Waals surface area contributed by atoms with E-state index in [0.29, 0.717) is 0 Å². The highest BCUT2D eigenvalue weighted by Crippen LogP contribution is 2.11. The summed E-state index contributed by atoms with van der Waals surface area (Å²) in [5.74, 6) is 0. The minimum atomic E-state index is 0.202. The van der Waals surface area contributed by atoms with E-state index >= 15 is 0 Å². The van der Waals surface area contributed by atoms with Gasteiger partial charge in [0, 0.05) is 11.1 Å². The maximum atomic E-state index is 8.00. The summed E-state index contributed by atoms with van der Waals surface area (Å²) < 4.78 is 0. The number of hydrogen-bond donors (Lipinski definition) is 1. The molecule has 0 bridgehead atoms. The highest BCUT2D eigenvalue weighted by Gasteiger charge is 1.97. The topological polar surface area (TPSA) is 43.1 Å². The van der Waals surface area contributed by atoms with Crippen LogP contribution in [0.2, 0.25) is 5.02 Å². The quantitative estimate of drug-likeness (QED) is 0.869. The summed E-state index contributed by atoms with van der Waals surface area (Å²) in [5.41, 5.74) is 6.83. The van der Waals surface area contributed by atoms with Crippen molar-refractivity contribution in [1.82, 2.24) is 0 Å². The summed E-state index contributed by atoms with van der Waals surface area (Å²) in [4.78, 5) is 8.00. The molecule has 0 aromatic heterocycles. The van der Waals surface area contributed by atoms with Crippen molar-refractivity contribution in [2.75, 3.05) is 0 Å². The molecule has 0 aliphatic carbocycles. The van der Waals surface area contributed by atoms with E-state index in [4.69, 9.17) is 22.1 Å². The first kappa shape index (κ1) is 21.4. The summed E-state index contributed by atoms with van der Waals surface area (Å²) in [7, 11) is 0. The molecule has 1 atom stereocenters. The average Bonchev–Trinajstić information content (AvgIpc) is 2.36. The maximum absolute atomic E-state index is 8.00. The molecule has 0 saturated heterocycles. The van der Waals surface area contributed by atoms with Crippen LogP contribution in [0.3, 0.4) is 0 Å². The standard InChI is InChI=1S/C9H12ClN.2C2H6.CH2O/c1-7(11)5-8-3-2-4-9(10)6-8;3*1-2/h2-4,6-7H,5,11H2,1H3;2*1-2H3;1H2. The van der Waals surface area contributed by atoms with E-state index in [1.165, 1.54) is 5.56 Å². The molecule has 0 saturated carbocycles. The van der Waals surface area contributed by atoms with Crippen molar-refractivity contribution in [2.24, 2.45) is 5.73 Å². The zero-order valence-electron chi connectivity index (χ0n) is 11.7. The van der Waals surface area contributed by atoms with E-state index in [1.807, 2.05) is 65.7 Å². The fourth-order valence-electron chi connectivity index (χ4n) is 1.04. The van der Waals surface area contributed by atoms with Crippen molar-refractivity contribution in [3.8, 4) is 0 Å². The van der Waals surface area contributed by atoms with Gasteiger partial charge in [-0.2, -0.15) is 0 Å². The predicted octanol–water partition coefficient (Wildman–Crippen LogP) is 4.10. The molecule has 0 amide bonds. The number of rotatable bonds is 2. The third-order valence-electron chi connectivity index (χ3n) is 1.45. The van der Waals surface area contributed by atoms with Gasteiger partial charge in [0.25, 0.3) is 0 Å². The number of hydrogen-bond acceptors (Lipinski definition) is 2. The molecule has 17 heavy (non-hydrogen) atoms. The van der Waals surface area contributed by atoms with Gasteiger partial charge in [-0.1, -0.05) is 51.4 Å². The second kappa shape index (κ2) is 17.5. The molecule has 0 spiro atoms. The SMILES string of the molecule is C=O.CC.CC.CC(N)Cc1cccc(Cl)c1. The van der Waals surface area contributed by atoms with E-state index in [2.05, 4.69) is 0 Å². The van der Waals surface area contributed by atoms with E-state index in [0.717, 1.165) is 11.4 Å². The fourth-order valence-corrected chi connectivity index (χ4v) is 1.25. The zero-order chi connectivity index (χ0) is 14.3. The molecule has 0 aliphatic rings. The first-order valence-electron chi connectivity index (χ1n) is 5.97. The summed E-state index contributed by atoms with van der Waals surface area (Å²) in [6.45, 7) is 12.0.